The van der Waals surface area contributed by atoms with E-state index in [4.69, 9.17) is 4.42 Å². The van der Waals surface area contributed by atoms with Gasteiger partial charge in [0.15, 0.2) is 0 Å². The van der Waals surface area contributed by atoms with Crippen LogP contribution in [-0.2, 0) is 13.1 Å². The van der Waals surface area contributed by atoms with Crippen LogP contribution in [0.5, 0.6) is 0 Å². The molecule has 1 heterocycles. The van der Waals surface area contributed by atoms with Crippen molar-refractivity contribution in [1.82, 2.24) is 10.2 Å². The van der Waals surface area contributed by atoms with Gasteiger partial charge < -0.3 is 9.73 Å². The van der Waals surface area contributed by atoms with E-state index in [0.29, 0.717) is 6.04 Å². The Kier molecular flexibility index (Phi) is 4.46. The third kappa shape index (κ3) is 3.36. The number of hydrogen-bond acceptors (Lipinski definition) is 3. The van der Waals surface area contributed by atoms with E-state index in [1.807, 2.05) is 0 Å². The van der Waals surface area contributed by atoms with E-state index in [0.717, 1.165) is 37.1 Å². The predicted molar refractivity (Wildman–Crippen MR) is 74.5 cm³/mol. The fourth-order valence-electron chi connectivity index (χ4n) is 2.43. The highest BCUT2D eigenvalue weighted by Crippen LogP contribution is 2.35. The van der Waals surface area contributed by atoms with Crippen molar-refractivity contribution in [3.8, 4) is 0 Å². The van der Waals surface area contributed by atoms with E-state index in [9.17, 15) is 0 Å². The second-order valence-corrected chi connectivity index (χ2v) is 5.57. The molecule has 1 atom stereocenters. The summed E-state index contributed by atoms with van der Waals surface area (Å²) in [4.78, 5) is 2.41. The van der Waals surface area contributed by atoms with Crippen molar-refractivity contribution < 1.29 is 4.42 Å². The Bertz CT molecular complexity index is 382. The summed E-state index contributed by atoms with van der Waals surface area (Å²) < 4.78 is 5.85. The van der Waals surface area contributed by atoms with Crippen molar-refractivity contribution >= 4 is 0 Å². The molecule has 0 bridgehead atoms. The Labute approximate surface area is 111 Å². The van der Waals surface area contributed by atoms with Gasteiger partial charge in [0.2, 0.25) is 0 Å². The minimum absolute atomic E-state index is 0.674. The topological polar surface area (TPSA) is 28.4 Å². The molecule has 0 amide bonds. The molecule has 1 unspecified atom stereocenters. The van der Waals surface area contributed by atoms with Crippen LogP contribution < -0.4 is 5.32 Å². The highest BCUT2D eigenvalue weighted by atomic mass is 16.3. The van der Waals surface area contributed by atoms with Crippen LogP contribution in [0.1, 0.15) is 43.8 Å². The molecular weight excluding hydrogens is 224 g/mol. The van der Waals surface area contributed by atoms with Crippen molar-refractivity contribution in [1.29, 1.82) is 0 Å². The van der Waals surface area contributed by atoms with E-state index < -0.39 is 0 Å². The molecule has 102 valence electrons. The molecule has 0 aromatic carbocycles. The number of aryl methyl sites for hydroxylation is 1. The third-order valence-electron chi connectivity index (χ3n) is 4.04. The van der Waals surface area contributed by atoms with Crippen LogP contribution in [0.3, 0.4) is 0 Å². The number of nitrogens with zero attached hydrogens (tertiary/aromatic N) is 1. The maximum atomic E-state index is 5.85. The first kappa shape index (κ1) is 13.6. The second kappa shape index (κ2) is 5.89. The smallest absolute Gasteiger partial charge is 0.118 e. The van der Waals surface area contributed by atoms with Crippen molar-refractivity contribution in [2.45, 2.75) is 52.7 Å². The summed E-state index contributed by atoms with van der Waals surface area (Å²) in [5.74, 6) is 3.06. The molecule has 1 aliphatic rings. The molecule has 1 N–H and O–H groups in total. The van der Waals surface area contributed by atoms with Gasteiger partial charge in [-0.3, -0.25) is 4.90 Å². The largest absolute Gasteiger partial charge is 0.465 e. The van der Waals surface area contributed by atoms with Crippen LogP contribution in [0.4, 0.5) is 0 Å². The molecule has 1 fully saturated rings. The Morgan fingerprint density at radius 1 is 1.50 bits per heavy atom. The summed E-state index contributed by atoms with van der Waals surface area (Å²) in [6.45, 7) is 9.34. The van der Waals surface area contributed by atoms with Gasteiger partial charge in [0.05, 0.1) is 6.54 Å². The third-order valence-corrected chi connectivity index (χ3v) is 4.04. The van der Waals surface area contributed by atoms with E-state index in [1.54, 1.807) is 0 Å². The summed E-state index contributed by atoms with van der Waals surface area (Å²) >= 11 is 0. The lowest BCUT2D eigenvalue weighted by molar-refractivity contribution is 0.209. The van der Waals surface area contributed by atoms with E-state index in [2.05, 4.69) is 44.1 Å². The number of hydrogen-bond donors (Lipinski definition) is 1. The van der Waals surface area contributed by atoms with Gasteiger partial charge in [0, 0.05) is 18.2 Å². The molecule has 0 aliphatic heterocycles. The zero-order valence-corrected chi connectivity index (χ0v) is 12.1. The SMILES string of the molecule is CCNCc1cc(CN(C)C(C)C2CC2)oc1C. The number of nitrogens with one attached hydrogen (secondary N) is 1. The zero-order valence-electron chi connectivity index (χ0n) is 12.1. The Hall–Kier alpha value is -0.800. The molecule has 1 aromatic rings. The summed E-state index contributed by atoms with van der Waals surface area (Å²) in [5.41, 5.74) is 1.29. The average molecular weight is 250 g/mol. The molecule has 1 aliphatic carbocycles. The Morgan fingerprint density at radius 2 is 2.22 bits per heavy atom. The first-order valence-electron chi connectivity index (χ1n) is 7.11. The highest BCUT2D eigenvalue weighted by Gasteiger charge is 2.30. The van der Waals surface area contributed by atoms with Gasteiger partial charge in [-0.1, -0.05) is 6.92 Å². The van der Waals surface area contributed by atoms with Crippen LogP contribution in [-0.4, -0.2) is 24.5 Å². The van der Waals surface area contributed by atoms with Gasteiger partial charge in [0.25, 0.3) is 0 Å². The minimum atomic E-state index is 0.674. The molecule has 0 radical (unpaired) electrons. The molecule has 1 saturated carbocycles. The lowest BCUT2D eigenvalue weighted by Gasteiger charge is -2.23. The van der Waals surface area contributed by atoms with Gasteiger partial charge in [-0.25, -0.2) is 0 Å². The van der Waals surface area contributed by atoms with Gasteiger partial charge in [-0.05, 0) is 52.3 Å². The van der Waals surface area contributed by atoms with Crippen molar-refractivity contribution in [3.05, 3.63) is 23.2 Å². The van der Waals surface area contributed by atoms with Crippen molar-refractivity contribution in [2.24, 2.45) is 5.92 Å². The Morgan fingerprint density at radius 3 is 2.83 bits per heavy atom. The van der Waals surface area contributed by atoms with Crippen molar-refractivity contribution in [3.63, 3.8) is 0 Å². The number of furan rings is 1. The highest BCUT2D eigenvalue weighted by molar-refractivity contribution is 5.20. The molecule has 3 heteroatoms. The quantitative estimate of drug-likeness (QED) is 0.806. The van der Waals surface area contributed by atoms with E-state index in [-0.39, 0.29) is 0 Å². The zero-order chi connectivity index (χ0) is 13.1. The fourth-order valence-corrected chi connectivity index (χ4v) is 2.43. The molecule has 3 nitrogen and oxygen atoms in total. The Balaban J connectivity index is 1.92. The van der Waals surface area contributed by atoms with Gasteiger partial charge in [-0.15, -0.1) is 0 Å². The van der Waals surface area contributed by atoms with Crippen LogP contribution in [0.25, 0.3) is 0 Å². The fraction of sp³-hybridized carbons (Fsp3) is 0.733. The summed E-state index contributed by atoms with van der Waals surface area (Å²) in [7, 11) is 2.20. The van der Waals surface area contributed by atoms with E-state index >= 15 is 0 Å². The van der Waals surface area contributed by atoms with Gasteiger partial charge >= 0.3 is 0 Å². The first-order valence-corrected chi connectivity index (χ1v) is 7.11. The predicted octanol–water partition coefficient (Wildman–Crippen LogP) is 2.93. The van der Waals surface area contributed by atoms with Gasteiger partial charge in [-0.2, -0.15) is 0 Å². The standard InChI is InChI=1S/C15H26N2O/c1-5-16-9-14-8-15(18-12(14)3)10-17(4)11(2)13-6-7-13/h8,11,13,16H,5-7,9-10H2,1-4H3. The molecule has 2 rings (SSSR count). The molecular formula is C15H26N2O. The summed E-state index contributed by atoms with van der Waals surface area (Å²) in [5, 5.41) is 3.35. The number of rotatable bonds is 7. The second-order valence-electron chi connectivity index (χ2n) is 5.57. The molecule has 0 saturated heterocycles. The molecule has 18 heavy (non-hydrogen) atoms. The first-order chi connectivity index (χ1) is 8.61. The summed E-state index contributed by atoms with van der Waals surface area (Å²) in [6, 6.07) is 2.88. The van der Waals surface area contributed by atoms with Gasteiger partial charge in [0.1, 0.15) is 11.5 Å². The average Bonchev–Trinajstić information content (AvgIpc) is 3.12. The lowest BCUT2D eigenvalue weighted by Crippen LogP contribution is -2.30. The maximum Gasteiger partial charge on any atom is 0.118 e. The minimum Gasteiger partial charge on any atom is -0.465 e. The lowest BCUT2D eigenvalue weighted by atomic mass is 10.2. The molecule has 0 spiro atoms. The maximum absolute atomic E-state index is 5.85. The van der Waals surface area contributed by atoms with Crippen LogP contribution in [0.15, 0.2) is 10.5 Å². The summed E-state index contributed by atoms with van der Waals surface area (Å²) in [6.07, 6.45) is 2.79. The van der Waals surface area contributed by atoms with Crippen LogP contribution >= 0.6 is 0 Å². The normalized spacial score (nSPS) is 17.4. The van der Waals surface area contributed by atoms with Crippen LogP contribution in [0.2, 0.25) is 0 Å². The van der Waals surface area contributed by atoms with Crippen molar-refractivity contribution in [2.75, 3.05) is 13.6 Å². The van der Waals surface area contributed by atoms with Crippen LogP contribution in [0, 0.1) is 12.8 Å². The monoisotopic (exact) mass is 250 g/mol. The molecule has 1 aromatic heterocycles. The van der Waals surface area contributed by atoms with E-state index in [1.165, 1.54) is 18.4 Å².